The van der Waals surface area contributed by atoms with Gasteiger partial charge in [0.2, 0.25) is 0 Å². The molecular formula is C9H12N4O2. The van der Waals surface area contributed by atoms with Crippen LogP contribution in [0.3, 0.4) is 0 Å². The molecule has 0 aliphatic carbocycles. The molecule has 0 aliphatic heterocycles. The second kappa shape index (κ2) is 4.50. The molecule has 0 saturated carbocycles. The first-order valence-corrected chi connectivity index (χ1v) is 4.32. The van der Waals surface area contributed by atoms with Crippen molar-refractivity contribution in [2.24, 2.45) is 4.99 Å². The molecule has 1 aromatic rings. The minimum Gasteiger partial charge on any atom is -0.369 e. The van der Waals surface area contributed by atoms with Gasteiger partial charge in [-0.05, 0) is 13.0 Å². The molecule has 0 unspecified atom stereocenters. The molecule has 0 fully saturated rings. The zero-order valence-corrected chi connectivity index (χ0v) is 8.84. The summed E-state index contributed by atoms with van der Waals surface area (Å²) in [7, 11) is 3.67. The Morgan fingerprint density at radius 1 is 1.60 bits per heavy atom. The van der Waals surface area contributed by atoms with Crippen molar-refractivity contribution in [3.05, 3.63) is 27.9 Å². The van der Waals surface area contributed by atoms with Gasteiger partial charge < -0.3 is 4.90 Å². The van der Waals surface area contributed by atoms with E-state index in [4.69, 9.17) is 0 Å². The fourth-order valence-electron chi connectivity index (χ4n) is 0.970. The second-order valence-electron chi connectivity index (χ2n) is 3.29. The number of nitrogens with zero attached hydrogens (tertiary/aromatic N) is 4. The number of nitro groups is 1. The third kappa shape index (κ3) is 3.01. The topological polar surface area (TPSA) is 71.6 Å². The molecule has 0 spiro atoms. The first-order valence-electron chi connectivity index (χ1n) is 4.32. The molecule has 0 bridgehead atoms. The van der Waals surface area contributed by atoms with Crippen molar-refractivity contribution in [1.82, 2.24) is 9.88 Å². The Labute approximate surface area is 87.4 Å². The summed E-state index contributed by atoms with van der Waals surface area (Å²) in [6.07, 6.45) is 2.81. The third-order valence-electron chi connectivity index (χ3n) is 1.69. The fourth-order valence-corrected chi connectivity index (χ4v) is 0.970. The molecule has 80 valence electrons. The summed E-state index contributed by atoms with van der Waals surface area (Å²) in [6, 6.07) is 1.58. The van der Waals surface area contributed by atoms with Crippen molar-refractivity contribution in [2.45, 2.75) is 6.92 Å². The van der Waals surface area contributed by atoms with Crippen molar-refractivity contribution >= 4 is 17.8 Å². The Kier molecular flexibility index (Phi) is 3.33. The molecule has 6 nitrogen and oxygen atoms in total. The normalized spacial score (nSPS) is 10.6. The average Bonchev–Trinajstić information content (AvgIpc) is 2.14. The molecule has 0 aromatic carbocycles. The van der Waals surface area contributed by atoms with Gasteiger partial charge in [-0.3, -0.25) is 10.1 Å². The number of aliphatic imine (C=N–C) groups is 1. The van der Waals surface area contributed by atoms with Crippen LogP contribution in [-0.4, -0.2) is 35.2 Å². The molecule has 0 aliphatic rings. The van der Waals surface area contributed by atoms with Crippen molar-refractivity contribution < 1.29 is 4.92 Å². The first kappa shape index (κ1) is 11.1. The smallest absolute Gasteiger partial charge is 0.290 e. The third-order valence-corrected chi connectivity index (χ3v) is 1.69. The maximum Gasteiger partial charge on any atom is 0.290 e. The van der Waals surface area contributed by atoms with E-state index in [0.717, 1.165) is 0 Å². The number of aryl methyl sites for hydroxylation is 1. The lowest BCUT2D eigenvalue weighted by Gasteiger charge is -2.02. The number of aromatic nitrogens is 1. The molecule has 0 radical (unpaired) electrons. The van der Waals surface area contributed by atoms with Crippen LogP contribution in [0, 0.1) is 17.0 Å². The van der Waals surface area contributed by atoms with Gasteiger partial charge in [-0.1, -0.05) is 0 Å². The molecule has 1 rings (SSSR count). The summed E-state index contributed by atoms with van der Waals surface area (Å²) in [5.41, 5.74) is 0.569. The lowest BCUT2D eigenvalue weighted by atomic mass is 10.2. The van der Waals surface area contributed by atoms with Crippen molar-refractivity contribution in [1.29, 1.82) is 0 Å². The summed E-state index contributed by atoms with van der Waals surface area (Å²) in [6.45, 7) is 1.66. The summed E-state index contributed by atoms with van der Waals surface area (Å²) < 4.78 is 0. The van der Waals surface area contributed by atoms with E-state index in [1.165, 1.54) is 6.20 Å². The maximum absolute atomic E-state index is 10.5. The molecule has 1 heterocycles. The zero-order valence-electron chi connectivity index (χ0n) is 8.84. The van der Waals surface area contributed by atoms with E-state index in [-0.39, 0.29) is 5.69 Å². The Morgan fingerprint density at radius 3 is 2.73 bits per heavy atom. The molecule has 0 saturated heterocycles. The number of hydrogen-bond acceptors (Lipinski definition) is 4. The van der Waals surface area contributed by atoms with Crippen LogP contribution in [0.2, 0.25) is 0 Å². The van der Waals surface area contributed by atoms with E-state index in [0.29, 0.717) is 11.4 Å². The zero-order chi connectivity index (χ0) is 11.4. The molecule has 15 heavy (non-hydrogen) atoms. The largest absolute Gasteiger partial charge is 0.369 e. The quantitative estimate of drug-likeness (QED) is 0.327. The fraction of sp³-hybridized carbons (Fsp3) is 0.333. The Hall–Kier alpha value is -1.98. The highest BCUT2D eigenvalue weighted by molar-refractivity contribution is 5.59. The van der Waals surface area contributed by atoms with E-state index in [2.05, 4.69) is 9.98 Å². The van der Waals surface area contributed by atoms with Gasteiger partial charge in [0.05, 0.1) is 11.3 Å². The molecule has 0 atom stereocenters. The van der Waals surface area contributed by atoms with Crippen LogP contribution in [0.4, 0.5) is 11.5 Å². The Balaban J connectivity index is 2.97. The highest BCUT2D eigenvalue weighted by atomic mass is 16.6. The van der Waals surface area contributed by atoms with Crippen molar-refractivity contribution in [3.63, 3.8) is 0 Å². The minimum absolute atomic E-state index is 0.0128. The van der Waals surface area contributed by atoms with E-state index in [9.17, 15) is 10.1 Å². The highest BCUT2D eigenvalue weighted by Gasteiger charge is 2.10. The van der Waals surface area contributed by atoms with Crippen LogP contribution >= 0.6 is 0 Å². The Bertz CT molecular complexity index is 401. The summed E-state index contributed by atoms with van der Waals surface area (Å²) in [5, 5.41) is 10.5. The monoisotopic (exact) mass is 208 g/mol. The average molecular weight is 208 g/mol. The van der Waals surface area contributed by atoms with Gasteiger partial charge >= 0.3 is 0 Å². The van der Waals surface area contributed by atoms with Crippen LogP contribution < -0.4 is 0 Å². The van der Waals surface area contributed by atoms with Crippen LogP contribution in [-0.2, 0) is 0 Å². The molecule has 1 aromatic heterocycles. The van der Waals surface area contributed by atoms with Gasteiger partial charge in [-0.15, -0.1) is 0 Å². The van der Waals surface area contributed by atoms with E-state index in [1.54, 1.807) is 24.2 Å². The van der Waals surface area contributed by atoms with E-state index in [1.807, 2.05) is 14.1 Å². The predicted molar refractivity (Wildman–Crippen MR) is 57.5 cm³/mol. The van der Waals surface area contributed by atoms with Crippen LogP contribution in [0.15, 0.2) is 17.3 Å². The number of hydrogen-bond donors (Lipinski definition) is 0. The van der Waals surface area contributed by atoms with Crippen LogP contribution in [0.1, 0.15) is 5.56 Å². The van der Waals surface area contributed by atoms with Gasteiger partial charge in [-0.25, -0.2) is 9.98 Å². The summed E-state index contributed by atoms with van der Waals surface area (Å²) in [4.78, 5) is 19.7. The van der Waals surface area contributed by atoms with Gasteiger partial charge in [0.1, 0.15) is 6.20 Å². The highest BCUT2D eigenvalue weighted by Crippen LogP contribution is 2.19. The van der Waals surface area contributed by atoms with Gasteiger partial charge in [0, 0.05) is 19.7 Å². The standard InChI is InChI=1S/C9H12N4O2/c1-7-4-9(11-6-12(2)3)10-5-8(7)13(14)15/h4-6H,1-3H3. The SMILES string of the molecule is Cc1cc(N=CN(C)C)ncc1[N+](=O)[O-]. The van der Waals surface area contributed by atoms with E-state index >= 15 is 0 Å². The number of rotatable bonds is 3. The van der Waals surface area contributed by atoms with Gasteiger partial charge in [-0.2, -0.15) is 0 Å². The lowest BCUT2D eigenvalue weighted by Crippen LogP contribution is -2.07. The second-order valence-corrected chi connectivity index (χ2v) is 3.29. The molecular weight excluding hydrogens is 196 g/mol. The van der Waals surface area contributed by atoms with Gasteiger partial charge in [0.25, 0.3) is 5.69 Å². The lowest BCUT2D eigenvalue weighted by molar-refractivity contribution is -0.385. The van der Waals surface area contributed by atoms with Crippen molar-refractivity contribution in [2.75, 3.05) is 14.1 Å². The number of pyridine rings is 1. The van der Waals surface area contributed by atoms with E-state index < -0.39 is 4.92 Å². The Morgan fingerprint density at radius 2 is 2.27 bits per heavy atom. The summed E-state index contributed by atoms with van der Waals surface area (Å²) in [5.74, 6) is 0.465. The van der Waals surface area contributed by atoms with Crippen molar-refractivity contribution in [3.8, 4) is 0 Å². The van der Waals surface area contributed by atoms with Gasteiger partial charge in [0.15, 0.2) is 5.82 Å². The summed E-state index contributed by atoms with van der Waals surface area (Å²) >= 11 is 0. The molecule has 6 heteroatoms. The first-order chi connectivity index (χ1) is 7.00. The molecule has 0 N–H and O–H groups in total. The minimum atomic E-state index is -0.457. The molecule has 0 amide bonds. The predicted octanol–water partition coefficient (Wildman–Crippen LogP) is 1.52. The van der Waals surface area contributed by atoms with Crippen LogP contribution in [0.5, 0.6) is 0 Å². The van der Waals surface area contributed by atoms with Crippen LogP contribution in [0.25, 0.3) is 0 Å². The maximum atomic E-state index is 10.5.